The van der Waals surface area contributed by atoms with Crippen molar-refractivity contribution >= 4 is 17.2 Å². The standard InChI is InChI=1S/C24H24N4O3/c1-17-12-18(2)14-21(13-17)31-11-9-23(29)25-20-7-5-6-19(15-20)16-28-24(30)27-10-4-3-8-22(27)26-28/h3-8,10,12-15H,9,11,16H2,1-2H3,(H,25,29). The van der Waals surface area contributed by atoms with Crippen molar-refractivity contribution < 1.29 is 9.53 Å². The Hall–Kier alpha value is -3.87. The Morgan fingerprint density at radius 2 is 1.84 bits per heavy atom. The second-order valence-electron chi connectivity index (χ2n) is 7.54. The monoisotopic (exact) mass is 416 g/mol. The fourth-order valence-electron chi connectivity index (χ4n) is 3.49. The molecular weight excluding hydrogens is 392 g/mol. The first-order valence-electron chi connectivity index (χ1n) is 10.1. The van der Waals surface area contributed by atoms with Gasteiger partial charge in [-0.2, -0.15) is 0 Å². The minimum Gasteiger partial charge on any atom is -0.493 e. The highest BCUT2D eigenvalue weighted by Gasteiger charge is 2.08. The number of aromatic nitrogens is 3. The fraction of sp³-hybridized carbons (Fsp3) is 0.208. The molecule has 0 bridgehead atoms. The first-order chi connectivity index (χ1) is 15.0. The van der Waals surface area contributed by atoms with Gasteiger partial charge in [0.1, 0.15) is 5.75 Å². The van der Waals surface area contributed by atoms with E-state index >= 15 is 0 Å². The van der Waals surface area contributed by atoms with E-state index in [2.05, 4.69) is 16.5 Å². The van der Waals surface area contributed by atoms with Crippen LogP contribution in [-0.2, 0) is 11.3 Å². The van der Waals surface area contributed by atoms with E-state index < -0.39 is 0 Å². The summed E-state index contributed by atoms with van der Waals surface area (Å²) >= 11 is 0. The largest absolute Gasteiger partial charge is 0.493 e. The molecule has 0 atom stereocenters. The van der Waals surface area contributed by atoms with Crippen LogP contribution in [0.5, 0.6) is 5.75 Å². The lowest BCUT2D eigenvalue weighted by Gasteiger charge is -2.10. The van der Waals surface area contributed by atoms with Gasteiger partial charge in [0, 0.05) is 11.9 Å². The Labute approximate surface area is 179 Å². The van der Waals surface area contributed by atoms with Crippen molar-refractivity contribution in [1.29, 1.82) is 0 Å². The number of benzene rings is 2. The lowest BCUT2D eigenvalue weighted by atomic mass is 10.1. The molecule has 4 aromatic rings. The number of hydrogen-bond donors (Lipinski definition) is 1. The van der Waals surface area contributed by atoms with E-state index in [1.807, 2.05) is 56.3 Å². The highest BCUT2D eigenvalue weighted by Crippen LogP contribution is 2.17. The highest BCUT2D eigenvalue weighted by molar-refractivity contribution is 5.90. The van der Waals surface area contributed by atoms with Gasteiger partial charge in [0.25, 0.3) is 0 Å². The number of nitrogens with one attached hydrogen (secondary N) is 1. The van der Waals surface area contributed by atoms with Crippen molar-refractivity contribution in [3.63, 3.8) is 0 Å². The van der Waals surface area contributed by atoms with Crippen molar-refractivity contribution in [3.8, 4) is 5.75 Å². The number of pyridine rings is 1. The maximum Gasteiger partial charge on any atom is 0.350 e. The summed E-state index contributed by atoms with van der Waals surface area (Å²) in [6, 6.07) is 18.8. The molecule has 0 saturated heterocycles. The summed E-state index contributed by atoms with van der Waals surface area (Å²) in [5.41, 5.74) is 4.19. The average Bonchev–Trinajstić information content (AvgIpc) is 3.03. The summed E-state index contributed by atoms with van der Waals surface area (Å²) in [7, 11) is 0. The zero-order valence-corrected chi connectivity index (χ0v) is 17.5. The van der Waals surface area contributed by atoms with E-state index in [0.29, 0.717) is 24.5 Å². The Balaban J connectivity index is 1.36. The molecule has 0 unspecified atom stereocenters. The number of anilines is 1. The summed E-state index contributed by atoms with van der Waals surface area (Å²) in [5, 5.41) is 7.23. The van der Waals surface area contributed by atoms with Crippen LogP contribution < -0.4 is 15.7 Å². The SMILES string of the molecule is Cc1cc(C)cc(OCCC(=O)Nc2cccc(Cn3nc4ccccn4c3=O)c2)c1. The van der Waals surface area contributed by atoms with Crippen LogP contribution in [0.25, 0.3) is 5.65 Å². The number of fused-ring (bicyclic) bond motifs is 1. The molecule has 2 aromatic heterocycles. The van der Waals surface area contributed by atoms with Gasteiger partial charge in [-0.25, -0.2) is 9.48 Å². The van der Waals surface area contributed by atoms with Crippen LogP contribution >= 0.6 is 0 Å². The minimum atomic E-state index is -0.200. The Kier molecular flexibility index (Phi) is 5.84. The summed E-state index contributed by atoms with van der Waals surface area (Å²) in [4.78, 5) is 24.8. The highest BCUT2D eigenvalue weighted by atomic mass is 16.5. The normalized spacial score (nSPS) is 10.9. The molecule has 2 heterocycles. The molecule has 0 radical (unpaired) electrons. The lowest BCUT2D eigenvalue weighted by Crippen LogP contribution is -2.21. The van der Waals surface area contributed by atoms with E-state index in [1.54, 1.807) is 18.3 Å². The number of aryl methyl sites for hydroxylation is 2. The minimum absolute atomic E-state index is 0.133. The van der Waals surface area contributed by atoms with Crippen molar-refractivity contribution in [1.82, 2.24) is 14.2 Å². The van der Waals surface area contributed by atoms with Gasteiger partial charge in [0.05, 0.1) is 19.6 Å². The molecular formula is C24H24N4O3. The van der Waals surface area contributed by atoms with E-state index in [-0.39, 0.29) is 18.0 Å². The number of ether oxygens (including phenoxy) is 1. The van der Waals surface area contributed by atoms with Crippen molar-refractivity contribution in [2.24, 2.45) is 0 Å². The molecule has 7 heteroatoms. The molecule has 7 nitrogen and oxygen atoms in total. The van der Waals surface area contributed by atoms with Gasteiger partial charge >= 0.3 is 5.69 Å². The quantitative estimate of drug-likeness (QED) is 0.500. The lowest BCUT2D eigenvalue weighted by molar-refractivity contribution is -0.116. The predicted molar refractivity (Wildman–Crippen MR) is 120 cm³/mol. The summed E-state index contributed by atoms with van der Waals surface area (Å²) in [5.74, 6) is 0.636. The smallest absolute Gasteiger partial charge is 0.350 e. The van der Waals surface area contributed by atoms with Gasteiger partial charge in [0.2, 0.25) is 5.91 Å². The first-order valence-corrected chi connectivity index (χ1v) is 10.1. The third-order valence-corrected chi connectivity index (χ3v) is 4.82. The topological polar surface area (TPSA) is 77.6 Å². The average molecular weight is 416 g/mol. The van der Waals surface area contributed by atoms with Gasteiger partial charge in [0.15, 0.2) is 5.65 Å². The van der Waals surface area contributed by atoms with E-state index in [9.17, 15) is 9.59 Å². The number of nitrogens with zero attached hydrogens (tertiary/aromatic N) is 3. The number of carbonyl (C=O) groups excluding carboxylic acids is 1. The third kappa shape index (κ3) is 5.01. The third-order valence-electron chi connectivity index (χ3n) is 4.82. The van der Waals surface area contributed by atoms with Crippen molar-refractivity contribution in [2.45, 2.75) is 26.8 Å². The number of hydrogen-bond acceptors (Lipinski definition) is 4. The number of carbonyl (C=O) groups is 1. The van der Waals surface area contributed by atoms with Crippen LogP contribution in [0.2, 0.25) is 0 Å². The van der Waals surface area contributed by atoms with E-state index in [1.165, 1.54) is 9.08 Å². The van der Waals surface area contributed by atoms with Crippen LogP contribution in [0.15, 0.2) is 71.7 Å². The molecule has 4 rings (SSSR count). The molecule has 0 spiro atoms. The maximum absolute atomic E-state index is 12.5. The Morgan fingerprint density at radius 1 is 1.03 bits per heavy atom. The van der Waals surface area contributed by atoms with Gasteiger partial charge in [-0.3, -0.25) is 9.20 Å². The zero-order chi connectivity index (χ0) is 21.8. The van der Waals surface area contributed by atoms with Crippen LogP contribution in [0, 0.1) is 13.8 Å². The molecule has 0 aliphatic carbocycles. The molecule has 0 aliphatic rings. The van der Waals surface area contributed by atoms with Gasteiger partial charge in [-0.1, -0.05) is 24.3 Å². The maximum atomic E-state index is 12.5. The number of amides is 1. The van der Waals surface area contributed by atoms with Crippen LogP contribution in [0.1, 0.15) is 23.1 Å². The van der Waals surface area contributed by atoms with E-state index in [4.69, 9.17) is 4.74 Å². The van der Waals surface area contributed by atoms with Crippen molar-refractivity contribution in [3.05, 3.63) is 94.0 Å². The second-order valence-corrected chi connectivity index (χ2v) is 7.54. The van der Waals surface area contributed by atoms with Crippen LogP contribution in [0.4, 0.5) is 5.69 Å². The van der Waals surface area contributed by atoms with E-state index in [0.717, 1.165) is 22.4 Å². The molecule has 0 fully saturated rings. The molecule has 2 aromatic carbocycles. The number of rotatable bonds is 7. The van der Waals surface area contributed by atoms with Crippen molar-refractivity contribution in [2.75, 3.05) is 11.9 Å². The molecule has 1 N–H and O–H groups in total. The zero-order valence-electron chi connectivity index (χ0n) is 17.5. The summed E-state index contributed by atoms with van der Waals surface area (Å²) in [6.45, 7) is 4.64. The van der Waals surface area contributed by atoms with Gasteiger partial charge < -0.3 is 10.1 Å². The Morgan fingerprint density at radius 3 is 2.61 bits per heavy atom. The second kappa shape index (κ2) is 8.87. The van der Waals surface area contributed by atoms with Crippen LogP contribution in [0.3, 0.4) is 0 Å². The summed E-state index contributed by atoms with van der Waals surface area (Å²) < 4.78 is 8.62. The Bertz CT molecular complexity index is 1270. The molecule has 1 amide bonds. The molecule has 31 heavy (non-hydrogen) atoms. The van der Waals surface area contributed by atoms with Gasteiger partial charge in [-0.15, -0.1) is 5.10 Å². The molecule has 0 aliphatic heterocycles. The van der Waals surface area contributed by atoms with Crippen LogP contribution in [-0.4, -0.2) is 26.7 Å². The summed E-state index contributed by atoms with van der Waals surface area (Å²) in [6.07, 6.45) is 1.93. The molecule has 158 valence electrons. The van der Waals surface area contributed by atoms with Gasteiger partial charge in [-0.05, 0) is 66.9 Å². The fourth-order valence-corrected chi connectivity index (χ4v) is 3.49. The first kappa shape index (κ1) is 20.4. The predicted octanol–water partition coefficient (Wildman–Crippen LogP) is 3.57. The molecule has 0 saturated carbocycles.